The average Bonchev–Trinajstić information content (AvgIpc) is 3.09. The van der Waals surface area contributed by atoms with Crippen molar-refractivity contribution in [1.29, 1.82) is 0 Å². The number of carbonyl (C=O) groups is 1. The van der Waals surface area contributed by atoms with Gasteiger partial charge in [-0.15, -0.1) is 0 Å². The summed E-state index contributed by atoms with van der Waals surface area (Å²) in [5, 5.41) is 5.66. The van der Waals surface area contributed by atoms with E-state index in [1.807, 2.05) is 24.3 Å². The Morgan fingerprint density at radius 3 is 2.83 bits per heavy atom. The zero-order valence-corrected chi connectivity index (χ0v) is 13.3. The van der Waals surface area contributed by atoms with Crippen LogP contribution in [0.4, 0.5) is 10.5 Å². The molecule has 6 heteroatoms. The molecule has 0 aromatic heterocycles. The SMILES string of the molecule is O=C(NC[C@@H]1COCCO1)Nc1ccccc1OC1CCCC1. The predicted octanol–water partition coefficient (Wildman–Crippen LogP) is 2.54. The molecule has 2 aliphatic rings. The molecule has 2 amide bonds. The van der Waals surface area contributed by atoms with E-state index in [9.17, 15) is 4.79 Å². The van der Waals surface area contributed by atoms with E-state index in [1.165, 1.54) is 12.8 Å². The highest BCUT2D eigenvalue weighted by Gasteiger charge is 2.19. The van der Waals surface area contributed by atoms with Gasteiger partial charge >= 0.3 is 6.03 Å². The molecule has 1 aromatic carbocycles. The van der Waals surface area contributed by atoms with Gasteiger partial charge in [0.05, 0.1) is 37.7 Å². The van der Waals surface area contributed by atoms with Crippen LogP contribution in [0.1, 0.15) is 25.7 Å². The summed E-state index contributed by atoms with van der Waals surface area (Å²) < 4.78 is 16.8. The van der Waals surface area contributed by atoms with Gasteiger partial charge in [0.25, 0.3) is 0 Å². The molecule has 2 fully saturated rings. The number of ether oxygens (including phenoxy) is 3. The number of hydrogen-bond acceptors (Lipinski definition) is 4. The molecule has 0 bridgehead atoms. The van der Waals surface area contributed by atoms with Crippen molar-refractivity contribution in [3.63, 3.8) is 0 Å². The largest absolute Gasteiger partial charge is 0.488 e. The molecule has 1 aromatic rings. The number of benzene rings is 1. The van der Waals surface area contributed by atoms with Crippen LogP contribution in [0.2, 0.25) is 0 Å². The predicted molar refractivity (Wildman–Crippen MR) is 86.9 cm³/mol. The van der Waals surface area contributed by atoms with E-state index in [0.29, 0.717) is 32.1 Å². The number of hydrogen-bond donors (Lipinski definition) is 2. The molecular weight excluding hydrogens is 296 g/mol. The van der Waals surface area contributed by atoms with Gasteiger partial charge in [0.2, 0.25) is 0 Å². The molecule has 23 heavy (non-hydrogen) atoms. The number of amides is 2. The third-order valence-corrected chi connectivity index (χ3v) is 4.11. The second-order valence-corrected chi connectivity index (χ2v) is 5.92. The summed E-state index contributed by atoms with van der Waals surface area (Å²) in [6, 6.07) is 7.29. The lowest BCUT2D eigenvalue weighted by molar-refractivity contribution is -0.0852. The molecule has 0 unspecified atom stereocenters. The Labute approximate surface area is 136 Å². The van der Waals surface area contributed by atoms with E-state index in [2.05, 4.69) is 10.6 Å². The Balaban J connectivity index is 1.50. The maximum atomic E-state index is 12.1. The van der Waals surface area contributed by atoms with Gasteiger partial charge in [-0.1, -0.05) is 12.1 Å². The Bertz CT molecular complexity index is 511. The minimum Gasteiger partial charge on any atom is -0.488 e. The average molecular weight is 320 g/mol. The van der Waals surface area contributed by atoms with Gasteiger partial charge in [0, 0.05) is 6.54 Å². The van der Waals surface area contributed by atoms with Crippen LogP contribution in [-0.2, 0) is 9.47 Å². The van der Waals surface area contributed by atoms with Gasteiger partial charge in [0.1, 0.15) is 5.75 Å². The second-order valence-electron chi connectivity index (χ2n) is 5.92. The zero-order valence-electron chi connectivity index (χ0n) is 13.3. The van der Waals surface area contributed by atoms with Crippen molar-refractivity contribution >= 4 is 11.7 Å². The lowest BCUT2D eigenvalue weighted by atomic mass is 10.2. The van der Waals surface area contributed by atoms with Crippen molar-refractivity contribution in [2.24, 2.45) is 0 Å². The first-order valence-electron chi connectivity index (χ1n) is 8.31. The minimum atomic E-state index is -0.262. The second kappa shape index (κ2) is 8.17. The van der Waals surface area contributed by atoms with Gasteiger partial charge in [-0.25, -0.2) is 4.79 Å². The van der Waals surface area contributed by atoms with Gasteiger partial charge in [0.15, 0.2) is 0 Å². The summed E-state index contributed by atoms with van der Waals surface area (Å²) in [6.07, 6.45) is 4.77. The smallest absolute Gasteiger partial charge is 0.319 e. The molecular formula is C17H24N2O4. The summed E-state index contributed by atoms with van der Waals surface area (Å²) in [5.41, 5.74) is 0.692. The molecule has 1 saturated carbocycles. The third-order valence-electron chi connectivity index (χ3n) is 4.11. The van der Waals surface area contributed by atoms with Crippen molar-refractivity contribution in [3.8, 4) is 5.75 Å². The lowest BCUT2D eigenvalue weighted by Gasteiger charge is -2.23. The van der Waals surface area contributed by atoms with Crippen LogP contribution in [-0.4, -0.2) is 44.6 Å². The summed E-state index contributed by atoms with van der Waals surface area (Å²) in [7, 11) is 0. The molecule has 1 heterocycles. The Morgan fingerprint density at radius 2 is 2.04 bits per heavy atom. The summed E-state index contributed by atoms with van der Waals surface area (Å²) in [4.78, 5) is 12.1. The van der Waals surface area contributed by atoms with Crippen LogP contribution in [0.3, 0.4) is 0 Å². The fourth-order valence-electron chi connectivity index (χ4n) is 2.89. The molecule has 1 saturated heterocycles. The van der Waals surface area contributed by atoms with Crippen LogP contribution < -0.4 is 15.4 Å². The van der Waals surface area contributed by atoms with Gasteiger partial charge in [-0.3, -0.25) is 0 Å². The highest BCUT2D eigenvalue weighted by Crippen LogP contribution is 2.29. The van der Waals surface area contributed by atoms with Crippen LogP contribution in [0.25, 0.3) is 0 Å². The Kier molecular flexibility index (Phi) is 5.71. The highest BCUT2D eigenvalue weighted by molar-refractivity contribution is 5.90. The van der Waals surface area contributed by atoms with Gasteiger partial charge < -0.3 is 24.8 Å². The Hall–Kier alpha value is -1.79. The van der Waals surface area contributed by atoms with Crippen molar-refractivity contribution in [2.75, 3.05) is 31.7 Å². The first-order valence-corrected chi connectivity index (χ1v) is 8.31. The van der Waals surface area contributed by atoms with Crippen molar-refractivity contribution < 1.29 is 19.0 Å². The number of para-hydroxylation sites is 2. The highest BCUT2D eigenvalue weighted by atomic mass is 16.6. The fraction of sp³-hybridized carbons (Fsp3) is 0.588. The molecule has 0 radical (unpaired) electrons. The molecule has 0 spiro atoms. The monoisotopic (exact) mass is 320 g/mol. The molecule has 1 aliphatic carbocycles. The number of rotatable bonds is 5. The summed E-state index contributed by atoms with van der Waals surface area (Å²) in [5.74, 6) is 0.729. The van der Waals surface area contributed by atoms with Gasteiger partial charge in [-0.2, -0.15) is 0 Å². The van der Waals surface area contributed by atoms with E-state index in [0.717, 1.165) is 18.6 Å². The van der Waals surface area contributed by atoms with E-state index < -0.39 is 0 Å². The summed E-state index contributed by atoms with van der Waals surface area (Å²) in [6.45, 7) is 2.14. The van der Waals surface area contributed by atoms with Crippen molar-refractivity contribution in [2.45, 2.75) is 37.9 Å². The van der Waals surface area contributed by atoms with E-state index in [1.54, 1.807) is 0 Å². The number of nitrogens with one attached hydrogen (secondary N) is 2. The minimum absolute atomic E-state index is 0.0838. The van der Waals surface area contributed by atoms with Crippen LogP contribution >= 0.6 is 0 Å². The topological polar surface area (TPSA) is 68.8 Å². The molecule has 126 valence electrons. The van der Waals surface area contributed by atoms with Crippen molar-refractivity contribution in [1.82, 2.24) is 5.32 Å². The number of carbonyl (C=O) groups excluding carboxylic acids is 1. The standard InChI is InChI=1S/C17H24N2O4/c20-17(18-11-14-12-21-9-10-22-14)19-15-7-3-4-8-16(15)23-13-5-1-2-6-13/h3-4,7-8,13-14H,1-2,5-6,9-12H2,(H2,18,19,20)/t14-/m1/s1. The normalized spacial score (nSPS) is 21.8. The first-order chi connectivity index (χ1) is 11.3. The maximum absolute atomic E-state index is 12.1. The fourth-order valence-corrected chi connectivity index (χ4v) is 2.89. The Morgan fingerprint density at radius 1 is 1.22 bits per heavy atom. The molecule has 1 aliphatic heterocycles. The van der Waals surface area contributed by atoms with E-state index >= 15 is 0 Å². The van der Waals surface area contributed by atoms with Crippen molar-refractivity contribution in [3.05, 3.63) is 24.3 Å². The quantitative estimate of drug-likeness (QED) is 0.875. The first kappa shape index (κ1) is 16.1. The van der Waals surface area contributed by atoms with Gasteiger partial charge in [-0.05, 0) is 37.8 Å². The van der Waals surface area contributed by atoms with Crippen LogP contribution in [0.15, 0.2) is 24.3 Å². The third kappa shape index (κ3) is 4.84. The molecule has 2 N–H and O–H groups in total. The van der Waals surface area contributed by atoms with E-state index in [-0.39, 0.29) is 18.2 Å². The lowest BCUT2D eigenvalue weighted by Crippen LogP contribution is -2.41. The number of urea groups is 1. The van der Waals surface area contributed by atoms with Crippen LogP contribution in [0, 0.1) is 0 Å². The molecule has 6 nitrogen and oxygen atoms in total. The summed E-state index contributed by atoms with van der Waals surface area (Å²) >= 11 is 0. The molecule has 1 atom stereocenters. The number of anilines is 1. The van der Waals surface area contributed by atoms with E-state index in [4.69, 9.17) is 14.2 Å². The maximum Gasteiger partial charge on any atom is 0.319 e. The zero-order chi connectivity index (χ0) is 15.9. The molecule has 3 rings (SSSR count). The van der Waals surface area contributed by atoms with Crippen LogP contribution in [0.5, 0.6) is 5.75 Å².